The Hall–Kier alpha value is -1.67. The Labute approximate surface area is 138 Å². The van der Waals surface area contributed by atoms with Crippen molar-refractivity contribution < 1.29 is 4.74 Å². The lowest BCUT2D eigenvalue weighted by Gasteiger charge is -2.12. The standard InChI is InChI=1S/C19H24ClNO/c1-14(2)10-11-22-17-7-4-6-16(12-17)13-21-19-9-5-8-18(20)15(19)3/h4-9,12,14,21H,10-11,13H2,1-3H3. The summed E-state index contributed by atoms with van der Waals surface area (Å²) < 4.78 is 5.80. The molecule has 0 saturated heterocycles. The van der Waals surface area contributed by atoms with Crippen LogP contribution in [-0.2, 0) is 6.54 Å². The van der Waals surface area contributed by atoms with E-state index in [9.17, 15) is 0 Å². The summed E-state index contributed by atoms with van der Waals surface area (Å²) in [7, 11) is 0. The van der Waals surface area contributed by atoms with E-state index in [2.05, 4.69) is 31.3 Å². The van der Waals surface area contributed by atoms with Crippen LogP contribution in [0.1, 0.15) is 31.4 Å². The molecule has 0 spiro atoms. The third kappa shape index (κ3) is 4.96. The van der Waals surface area contributed by atoms with Crippen LogP contribution in [0.2, 0.25) is 5.02 Å². The van der Waals surface area contributed by atoms with Crippen LogP contribution in [0.15, 0.2) is 42.5 Å². The molecule has 2 aromatic rings. The summed E-state index contributed by atoms with van der Waals surface area (Å²) in [4.78, 5) is 0. The van der Waals surface area contributed by atoms with Crippen molar-refractivity contribution in [2.24, 2.45) is 5.92 Å². The van der Waals surface area contributed by atoms with E-state index >= 15 is 0 Å². The highest BCUT2D eigenvalue weighted by atomic mass is 35.5. The van der Waals surface area contributed by atoms with Crippen molar-refractivity contribution in [3.63, 3.8) is 0 Å². The summed E-state index contributed by atoms with van der Waals surface area (Å²) in [5.41, 5.74) is 3.34. The Kier molecular flexibility index (Phi) is 6.14. The van der Waals surface area contributed by atoms with Gasteiger partial charge in [-0.2, -0.15) is 0 Å². The summed E-state index contributed by atoms with van der Waals surface area (Å²) >= 11 is 6.14. The Morgan fingerprint density at radius 3 is 2.68 bits per heavy atom. The van der Waals surface area contributed by atoms with Crippen molar-refractivity contribution >= 4 is 17.3 Å². The highest BCUT2D eigenvalue weighted by Crippen LogP contribution is 2.24. The Bertz CT molecular complexity index is 610. The minimum Gasteiger partial charge on any atom is -0.494 e. The Morgan fingerprint density at radius 1 is 1.14 bits per heavy atom. The molecule has 2 aromatic carbocycles. The van der Waals surface area contributed by atoms with Gasteiger partial charge in [-0.25, -0.2) is 0 Å². The van der Waals surface area contributed by atoms with Crippen LogP contribution in [0, 0.1) is 12.8 Å². The lowest BCUT2D eigenvalue weighted by atomic mass is 10.1. The molecule has 0 atom stereocenters. The van der Waals surface area contributed by atoms with Crippen LogP contribution >= 0.6 is 11.6 Å². The number of ether oxygens (including phenoxy) is 1. The number of hydrogen-bond donors (Lipinski definition) is 1. The average Bonchev–Trinajstić information content (AvgIpc) is 2.49. The summed E-state index contributed by atoms with van der Waals surface area (Å²) in [5.74, 6) is 1.60. The topological polar surface area (TPSA) is 21.3 Å². The highest BCUT2D eigenvalue weighted by Gasteiger charge is 2.03. The molecule has 0 fully saturated rings. The van der Waals surface area contributed by atoms with E-state index in [1.54, 1.807) is 0 Å². The molecule has 2 nitrogen and oxygen atoms in total. The van der Waals surface area contributed by atoms with Gasteiger partial charge in [-0.05, 0) is 54.7 Å². The van der Waals surface area contributed by atoms with Crippen molar-refractivity contribution in [3.05, 3.63) is 58.6 Å². The summed E-state index contributed by atoms with van der Waals surface area (Å²) in [6.07, 6.45) is 1.07. The molecule has 0 radical (unpaired) electrons. The number of rotatable bonds is 7. The fourth-order valence-corrected chi connectivity index (χ4v) is 2.33. The molecular weight excluding hydrogens is 294 g/mol. The zero-order valence-corrected chi connectivity index (χ0v) is 14.3. The largest absolute Gasteiger partial charge is 0.494 e. The first kappa shape index (κ1) is 16.7. The van der Waals surface area contributed by atoms with Gasteiger partial charge in [-0.1, -0.05) is 43.6 Å². The lowest BCUT2D eigenvalue weighted by molar-refractivity contribution is 0.289. The fraction of sp³-hybridized carbons (Fsp3) is 0.368. The molecule has 0 aliphatic rings. The van der Waals surface area contributed by atoms with Gasteiger partial charge in [0.15, 0.2) is 0 Å². The molecule has 22 heavy (non-hydrogen) atoms. The van der Waals surface area contributed by atoms with Gasteiger partial charge in [0.2, 0.25) is 0 Å². The normalized spacial score (nSPS) is 10.8. The monoisotopic (exact) mass is 317 g/mol. The molecule has 0 aromatic heterocycles. The third-order valence-electron chi connectivity index (χ3n) is 3.61. The molecule has 0 saturated carbocycles. The van der Waals surface area contributed by atoms with Crippen LogP contribution in [0.4, 0.5) is 5.69 Å². The smallest absolute Gasteiger partial charge is 0.119 e. The van der Waals surface area contributed by atoms with Gasteiger partial charge in [0.1, 0.15) is 5.75 Å². The van der Waals surface area contributed by atoms with E-state index in [1.165, 1.54) is 5.56 Å². The summed E-state index contributed by atoms with van der Waals surface area (Å²) in [6.45, 7) is 7.95. The van der Waals surface area contributed by atoms with Gasteiger partial charge in [0.05, 0.1) is 6.61 Å². The molecule has 0 bridgehead atoms. The van der Waals surface area contributed by atoms with E-state index in [0.717, 1.165) is 41.6 Å². The predicted octanol–water partition coefficient (Wildman–Crippen LogP) is 5.69. The molecule has 3 heteroatoms. The predicted molar refractivity (Wildman–Crippen MR) is 94.9 cm³/mol. The van der Waals surface area contributed by atoms with E-state index in [-0.39, 0.29) is 0 Å². The van der Waals surface area contributed by atoms with Crippen LogP contribution in [0.25, 0.3) is 0 Å². The van der Waals surface area contributed by atoms with Crippen LogP contribution < -0.4 is 10.1 Å². The number of benzene rings is 2. The molecular formula is C19H24ClNO. The molecule has 0 aliphatic carbocycles. The zero-order chi connectivity index (χ0) is 15.9. The second kappa shape index (κ2) is 8.09. The highest BCUT2D eigenvalue weighted by molar-refractivity contribution is 6.31. The fourth-order valence-electron chi connectivity index (χ4n) is 2.15. The molecule has 0 unspecified atom stereocenters. The maximum atomic E-state index is 6.14. The van der Waals surface area contributed by atoms with E-state index < -0.39 is 0 Å². The third-order valence-corrected chi connectivity index (χ3v) is 4.02. The zero-order valence-electron chi connectivity index (χ0n) is 13.5. The van der Waals surface area contributed by atoms with Crippen molar-refractivity contribution in [3.8, 4) is 5.75 Å². The second-order valence-corrected chi connectivity index (χ2v) is 6.35. The molecule has 2 rings (SSSR count). The van der Waals surface area contributed by atoms with Crippen molar-refractivity contribution in [1.82, 2.24) is 0 Å². The summed E-state index contributed by atoms with van der Waals surface area (Å²) in [5, 5.41) is 4.22. The van der Waals surface area contributed by atoms with E-state index in [4.69, 9.17) is 16.3 Å². The van der Waals surface area contributed by atoms with Crippen molar-refractivity contribution in [2.45, 2.75) is 33.7 Å². The van der Waals surface area contributed by atoms with Gasteiger partial charge < -0.3 is 10.1 Å². The van der Waals surface area contributed by atoms with Crippen molar-refractivity contribution in [2.75, 3.05) is 11.9 Å². The van der Waals surface area contributed by atoms with Crippen molar-refractivity contribution in [1.29, 1.82) is 0 Å². The average molecular weight is 318 g/mol. The Morgan fingerprint density at radius 2 is 1.91 bits per heavy atom. The number of anilines is 1. The van der Waals surface area contributed by atoms with E-state index in [1.807, 2.05) is 37.3 Å². The van der Waals surface area contributed by atoms with Gasteiger partial charge in [0, 0.05) is 17.3 Å². The number of halogens is 1. The number of hydrogen-bond acceptors (Lipinski definition) is 2. The van der Waals surface area contributed by atoms with Crippen LogP contribution in [0.3, 0.4) is 0 Å². The lowest BCUT2D eigenvalue weighted by Crippen LogP contribution is -2.03. The van der Waals surface area contributed by atoms with Gasteiger partial charge in [0.25, 0.3) is 0 Å². The van der Waals surface area contributed by atoms with Gasteiger partial charge >= 0.3 is 0 Å². The molecule has 0 amide bonds. The van der Waals surface area contributed by atoms with Gasteiger partial charge in [-0.3, -0.25) is 0 Å². The maximum absolute atomic E-state index is 6.14. The molecule has 0 aliphatic heterocycles. The quantitative estimate of drug-likeness (QED) is 0.708. The SMILES string of the molecule is Cc1c(Cl)cccc1NCc1cccc(OCCC(C)C)c1. The maximum Gasteiger partial charge on any atom is 0.119 e. The molecule has 0 heterocycles. The first-order valence-electron chi connectivity index (χ1n) is 7.77. The van der Waals surface area contributed by atoms with Crippen LogP contribution in [0.5, 0.6) is 5.75 Å². The molecule has 118 valence electrons. The minimum atomic E-state index is 0.663. The van der Waals surface area contributed by atoms with Gasteiger partial charge in [-0.15, -0.1) is 0 Å². The number of nitrogens with one attached hydrogen (secondary N) is 1. The minimum absolute atomic E-state index is 0.663. The second-order valence-electron chi connectivity index (χ2n) is 5.94. The van der Waals surface area contributed by atoms with E-state index in [0.29, 0.717) is 5.92 Å². The summed E-state index contributed by atoms with van der Waals surface area (Å²) in [6, 6.07) is 14.1. The molecule has 1 N–H and O–H groups in total. The van der Waals surface area contributed by atoms with Crippen LogP contribution in [-0.4, -0.2) is 6.61 Å². The Balaban J connectivity index is 1.94. The first-order chi connectivity index (χ1) is 10.6. The first-order valence-corrected chi connectivity index (χ1v) is 8.15.